The zero-order chi connectivity index (χ0) is 17.6. The SMILES string of the molecule is CCCCCCCCCCCCNC(=O)c1cc(Cl)ccc1OC. The van der Waals surface area contributed by atoms with Crippen molar-refractivity contribution in [2.75, 3.05) is 13.7 Å². The second-order valence-corrected chi connectivity index (χ2v) is 6.72. The van der Waals surface area contributed by atoms with Gasteiger partial charge in [0.05, 0.1) is 12.7 Å². The van der Waals surface area contributed by atoms with E-state index in [1.165, 1.54) is 57.8 Å². The minimum atomic E-state index is -0.120. The fraction of sp³-hybridized carbons (Fsp3) is 0.650. The van der Waals surface area contributed by atoms with Crippen molar-refractivity contribution >= 4 is 17.5 Å². The first-order chi connectivity index (χ1) is 11.7. The van der Waals surface area contributed by atoms with Crippen LogP contribution in [0, 0.1) is 0 Å². The molecule has 24 heavy (non-hydrogen) atoms. The lowest BCUT2D eigenvalue weighted by Gasteiger charge is -2.09. The molecule has 1 rings (SSSR count). The highest BCUT2D eigenvalue weighted by molar-refractivity contribution is 6.31. The number of amides is 1. The Labute approximate surface area is 152 Å². The van der Waals surface area contributed by atoms with Gasteiger partial charge < -0.3 is 10.1 Å². The van der Waals surface area contributed by atoms with E-state index in [1.54, 1.807) is 25.3 Å². The molecule has 0 fully saturated rings. The summed E-state index contributed by atoms with van der Waals surface area (Å²) in [5, 5.41) is 3.49. The van der Waals surface area contributed by atoms with Crippen molar-refractivity contribution in [3.05, 3.63) is 28.8 Å². The number of unbranched alkanes of at least 4 members (excludes halogenated alkanes) is 9. The van der Waals surface area contributed by atoms with E-state index < -0.39 is 0 Å². The average Bonchev–Trinajstić information content (AvgIpc) is 2.59. The third-order valence-electron chi connectivity index (χ3n) is 4.22. The van der Waals surface area contributed by atoms with Gasteiger partial charge in [-0.3, -0.25) is 4.79 Å². The number of methoxy groups -OCH3 is 1. The lowest BCUT2D eigenvalue weighted by Crippen LogP contribution is -2.24. The topological polar surface area (TPSA) is 38.3 Å². The van der Waals surface area contributed by atoms with Crippen molar-refractivity contribution in [3.63, 3.8) is 0 Å². The Balaban J connectivity index is 2.09. The number of ether oxygens (including phenoxy) is 1. The number of nitrogens with one attached hydrogen (secondary N) is 1. The van der Waals surface area contributed by atoms with Crippen LogP contribution < -0.4 is 10.1 Å². The summed E-state index contributed by atoms with van der Waals surface area (Å²) in [5.74, 6) is 0.435. The molecule has 0 aliphatic heterocycles. The van der Waals surface area contributed by atoms with Gasteiger partial charge >= 0.3 is 0 Å². The van der Waals surface area contributed by atoms with Crippen LogP contribution in [0.1, 0.15) is 81.5 Å². The van der Waals surface area contributed by atoms with Crippen LogP contribution in [0.5, 0.6) is 5.75 Å². The zero-order valence-electron chi connectivity index (χ0n) is 15.2. The largest absolute Gasteiger partial charge is 0.496 e. The van der Waals surface area contributed by atoms with Gasteiger partial charge in [-0.05, 0) is 24.6 Å². The fourth-order valence-electron chi connectivity index (χ4n) is 2.77. The lowest BCUT2D eigenvalue weighted by molar-refractivity contribution is 0.0950. The summed E-state index contributed by atoms with van der Waals surface area (Å²) in [6.45, 7) is 2.95. The Morgan fingerprint density at radius 1 is 1.00 bits per heavy atom. The van der Waals surface area contributed by atoms with E-state index in [0.717, 1.165) is 6.42 Å². The molecular weight excluding hydrogens is 322 g/mol. The maximum absolute atomic E-state index is 12.2. The second-order valence-electron chi connectivity index (χ2n) is 6.28. The van der Waals surface area contributed by atoms with Gasteiger partial charge in [0.15, 0.2) is 0 Å². The summed E-state index contributed by atoms with van der Waals surface area (Å²) in [5.41, 5.74) is 0.497. The van der Waals surface area contributed by atoms with E-state index in [9.17, 15) is 4.79 Å². The Kier molecular flexibility index (Phi) is 11.4. The Morgan fingerprint density at radius 2 is 1.58 bits per heavy atom. The molecule has 0 saturated heterocycles. The van der Waals surface area contributed by atoms with Crippen LogP contribution in [0.2, 0.25) is 5.02 Å². The Morgan fingerprint density at radius 3 is 2.17 bits per heavy atom. The van der Waals surface area contributed by atoms with Gasteiger partial charge in [-0.25, -0.2) is 0 Å². The maximum Gasteiger partial charge on any atom is 0.255 e. The van der Waals surface area contributed by atoms with E-state index in [-0.39, 0.29) is 5.91 Å². The molecule has 3 nitrogen and oxygen atoms in total. The van der Waals surface area contributed by atoms with Crippen LogP contribution in [0.3, 0.4) is 0 Å². The number of benzene rings is 1. The van der Waals surface area contributed by atoms with Gasteiger partial charge in [0.1, 0.15) is 5.75 Å². The molecule has 0 spiro atoms. The maximum atomic E-state index is 12.2. The van der Waals surface area contributed by atoms with Crippen molar-refractivity contribution in [1.82, 2.24) is 5.32 Å². The first-order valence-corrected chi connectivity index (χ1v) is 9.68. The molecule has 0 unspecified atom stereocenters. The average molecular weight is 354 g/mol. The Bertz CT molecular complexity index is 477. The van der Waals surface area contributed by atoms with Crippen LogP contribution in [0.15, 0.2) is 18.2 Å². The fourth-order valence-corrected chi connectivity index (χ4v) is 2.94. The standard InChI is InChI=1S/C20H32ClNO2/c1-3-4-5-6-7-8-9-10-11-12-15-22-20(23)18-16-17(21)13-14-19(18)24-2/h13-14,16H,3-12,15H2,1-2H3,(H,22,23). The highest BCUT2D eigenvalue weighted by atomic mass is 35.5. The first-order valence-electron chi connectivity index (χ1n) is 9.30. The summed E-state index contributed by atoms with van der Waals surface area (Å²) in [6, 6.07) is 5.09. The summed E-state index contributed by atoms with van der Waals surface area (Å²) >= 11 is 5.95. The smallest absolute Gasteiger partial charge is 0.255 e. The molecule has 0 aliphatic carbocycles. The molecule has 0 aliphatic rings. The normalized spacial score (nSPS) is 10.6. The number of carbonyl (C=O) groups excluding carboxylic acids is 1. The van der Waals surface area contributed by atoms with Gasteiger partial charge in [0, 0.05) is 11.6 Å². The van der Waals surface area contributed by atoms with E-state index in [0.29, 0.717) is 22.9 Å². The molecule has 1 amide bonds. The predicted molar refractivity (Wildman–Crippen MR) is 102 cm³/mol. The van der Waals surface area contributed by atoms with Crippen LogP contribution in [-0.2, 0) is 0 Å². The summed E-state index contributed by atoms with van der Waals surface area (Å²) in [7, 11) is 1.56. The minimum absolute atomic E-state index is 0.120. The van der Waals surface area contributed by atoms with Gasteiger partial charge in [0.2, 0.25) is 0 Å². The molecule has 136 valence electrons. The molecule has 1 N–H and O–H groups in total. The molecule has 0 radical (unpaired) electrons. The van der Waals surface area contributed by atoms with Crippen LogP contribution >= 0.6 is 11.6 Å². The number of carbonyl (C=O) groups is 1. The molecule has 0 aromatic heterocycles. The van der Waals surface area contributed by atoms with Crippen molar-refractivity contribution in [2.24, 2.45) is 0 Å². The molecule has 0 bridgehead atoms. The van der Waals surface area contributed by atoms with Crippen molar-refractivity contribution in [2.45, 2.75) is 71.1 Å². The number of hydrogen-bond donors (Lipinski definition) is 1. The Hall–Kier alpha value is -1.22. The number of halogens is 1. The second kappa shape index (κ2) is 13.1. The molecule has 1 aromatic rings. The minimum Gasteiger partial charge on any atom is -0.496 e. The van der Waals surface area contributed by atoms with E-state index in [4.69, 9.17) is 16.3 Å². The zero-order valence-corrected chi connectivity index (χ0v) is 16.0. The molecule has 0 saturated carbocycles. The predicted octanol–water partition coefficient (Wildman–Crippen LogP) is 6.00. The van der Waals surface area contributed by atoms with Crippen molar-refractivity contribution < 1.29 is 9.53 Å². The number of rotatable bonds is 13. The molecule has 1 aromatic carbocycles. The van der Waals surface area contributed by atoms with Gasteiger partial charge in [-0.1, -0.05) is 76.3 Å². The van der Waals surface area contributed by atoms with Gasteiger partial charge in [-0.15, -0.1) is 0 Å². The summed E-state index contributed by atoms with van der Waals surface area (Å²) in [4.78, 5) is 12.2. The molecule has 0 atom stereocenters. The van der Waals surface area contributed by atoms with Crippen molar-refractivity contribution in [1.29, 1.82) is 0 Å². The summed E-state index contributed by atoms with van der Waals surface area (Å²) in [6.07, 6.45) is 12.9. The molecule has 0 heterocycles. The highest BCUT2D eigenvalue weighted by Crippen LogP contribution is 2.22. The van der Waals surface area contributed by atoms with Crippen LogP contribution in [0.4, 0.5) is 0 Å². The van der Waals surface area contributed by atoms with Crippen molar-refractivity contribution in [3.8, 4) is 5.75 Å². The third-order valence-corrected chi connectivity index (χ3v) is 4.46. The quantitative estimate of drug-likeness (QED) is 0.441. The van der Waals surface area contributed by atoms with Crippen LogP contribution in [-0.4, -0.2) is 19.6 Å². The monoisotopic (exact) mass is 353 g/mol. The molecule has 4 heteroatoms. The van der Waals surface area contributed by atoms with Crippen LogP contribution in [0.25, 0.3) is 0 Å². The lowest BCUT2D eigenvalue weighted by atomic mass is 10.1. The highest BCUT2D eigenvalue weighted by Gasteiger charge is 2.12. The first kappa shape index (κ1) is 20.8. The van der Waals surface area contributed by atoms with E-state index in [1.807, 2.05) is 0 Å². The van der Waals surface area contributed by atoms with E-state index in [2.05, 4.69) is 12.2 Å². The van der Waals surface area contributed by atoms with Gasteiger partial charge in [-0.2, -0.15) is 0 Å². The third kappa shape index (κ3) is 8.58. The van der Waals surface area contributed by atoms with E-state index >= 15 is 0 Å². The molecular formula is C20H32ClNO2. The number of hydrogen-bond acceptors (Lipinski definition) is 2. The summed E-state index contributed by atoms with van der Waals surface area (Å²) < 4.78 is 5.21. The van der Waals surface area contributed by atoms with Gasteiger partial charge in [0.25, 0.3) is 5.91 Å².